The van der Waals surface area contributed by atoms with Crippen molar-refractivity contribution in [1.29, 1.82) is 5.26 Å². The molecule has 0 aliphatic heterocycles. The number of fused-ring (bicyclic) bond motifs is 1. The van der Waals surface area contributed by atoms with Crippen LogP contribution in [0.3, 0.4) is 0 Å². The van der Waals surface area contributed by atoms with Gasteiger partial charge in [0, 0.05) is 11.4 Å². The van der Waals surface area contributed by atoms with Crippen LogP contribution in [-0.2, 0) is 4.79 Å². The largest absolute Gasteiger partial charge is 0.497 e. The molecule has 1 unspecified atom stereocenters. The van der Waals surface area contributed by atoms with Gasteiger partial charge >= 0.3 is 5.97 Å². The Morgan fingerprint density at radius 1 is 1.12 bits per heavy atom. The van der Waals surface area contributed by atoms with Gasteiger partial charge in [0.05, 0.1) is 53.0 Å². The number of carbonyl (C=O) groups excluding carboxylic acids is 1. The van der Waals surface area contributed by atoms with Crippen LogP contribution >= 0.6 is 11.6 Å². The number of nitriles is 1. The minimum atomic E-state index is -0.769. The van der Waals surface area contributed by atoms with Crippen LogP contribution in [0, 0.1) is 17.2 Å². The molecule has 8 nitrogen and oxygen atoms in total. The number of carboxylic acid groups (broad SMARTS) is 1. The maximum atomic E-state index is 13.6. The van der Waals surface area contributed by atoms with E-state index < -0.39 is 5.97 Å². The molecule has 9 heteroatoms. The maximum absolute atomic E-state index is 13.6. The molecule has 2 N–H and O–H groups in total. The van der Waals surface area contributed by atoms with E-state index in [0.717, 1.165) is 36.0 Å². The highest BCUT2D eigenvalue weighted by Crippen LogP contribution is 2.35. The third kappa shape index (κ3) is 6.52. The van der Waals surface area contributed by atoms with Gasteiger partial charge in [-0.25, -0.2) is 0 Å². The highest BCUT2D eigenvalue weighted by atomic mass is 35.5. The number of carbonyl (C=O) groups is 2. The first-order chi connectivity index (χ1) is 20.8. The number of aromatic nitrogens is 2. The number of amides is 1. The zero-order valence-electron chi connectivity index (χ0n) is 24.3. The SMILES string of the molecule is CCCCC(c1ccc(-c2cc(C#N)cc(OC)c2)cc1)n1ncc2c(Cl)ccc(C(=O)NC3CCC(C(=O)O)CC3)c21. The molecule has 0 radical (unpaired) electrons. The van der Waals surface area contributed by atoms with Crippen molar-refractivity contribution >= 4 is 34.4 Å². The van der Waals surface area contributed by atoms with Gasteiger partial charge in [-0.2, -0.15) is 10.4 Å². The number of unbranched alkanes of at least 4 members (excludes halogenated alkanes) is 1. The van der Waals surface area contributed by atoms with Gasteiger partial charge in [-0.15, -0.1) is 0 Å². The second kappa shape index (κ2) is 13.3. The molecule has 1 aromatic heterocycles. The van der Waals surface area contributed by atoms with Crippen LogP contribution < -0.4 is 10.1 Å². The average molecular weight is 599 g/mol. The minimum absolute atomic E-state index is 0.0770. The first kappa shape index (κ1) is 30.1. The minimum Gasteiger partial charge on any atom is -0.497 e. The number of ether oxygens (including phenoxy) is 1. The van der Waals surface area contributed by atoms with Gasteiger partial charge < -0.3 is 15.2 Å². The summed E-state index contributed by atoms with van der Waals surface area (Å²) < 4.78 is 7.31. The predicted molar refractivity (Wildman–Crippen MR) is 166 cm³/mol. The Kier molecular flexibility index (Phi) is 9.32. The van der Waals surface area contributed by atoms with Crippen LogP contribution in [0.25, 0.3) is 22.0 Å². The highest BCUT2D eigenvalue weighted by Gasteiger charge is 2.28. The summed E-state index contributed by atoms with van der Waals surface area (Å²) in [5, 5.41) is 27.9. The number of carboxylic acids is 1. The van der Waals surface area contributed by atoms with Crippen molar-refractivity contribution in [3.63, 3.8) is 0 Å². The monoisotopic (exact) mass is 598 g/mol. The number of hydrogen-bond donors (Lipinski definition) is 2. The summed E-state index contributed by atoms with van der Waals surface area (Å²) >= 11 is 6.60. The Balaban J connectivity index is 1.48. The molecule has 43 heavy (non-hydrogen) atoms. The van der Waals surface area contributed by atoms with Crippen LogP contribution in [0.5, 0.6) is 5.75 Å². The van der Waals surface area contributed by atoms with Gasteiger partial charge in [0.1, 0.15) is 5.75 Å². The third-order valence-electron chi connectivity index (χ3n) is 8.39. The summed E-state index contributed by atoms with van der Waals surface area (Å²) in [7, 11) is 1.58. The number of halogens is 1. The summed E-state index contributed by atoms with van der Waals surface area (Å²) in [6.45, 7) is 2.14. The first-order valence-electron chi connectivity index (χ1n) is 14.7. The van der Waals surface area contributed by atoms with Gasteiger partial charge in [-0.05, 0) is 79.1 Å². The Hall–Kier alpha value is -4.35. The van der Waals surface area contributed by atoms with Crippen molar-refractivity contribution in [1.82, 2.24) is 15.1 Å². The predicted octanol–water partition coefficient (Wildman–Crippen LogP) is 7.39. The van der Waals surface area contributed by atoms with E-state index >= 15 is 0 Å². The van der Waals surface area contributed by atoms with Gasteiger partial charge in [-0.3, -0.25) is 14.3 Å². The standard InChI is InChI=1S/C34H35ClN4O4/c1-3-4-5-31(23-8-6-22(7-9-23)25-16-21(19-36)17-27(18-25)43-2)39-32-28(14-15-30(35)29(32)20-37-39)33(40)38-26-12-10-24(11-13-26)34(41)42/h6-9,14-18,20,24,26,31H,3-5,10-13H2,1-2H3,(H,38,40)(H,41,42). The van der Waals surface area contributed by atoms with E-state index in [1.165, 1.54) is 0 Å². The molecule has 0 spiro atoms. The summed E-state index contributed by atoms with van der Waals surface area (Å²) in [6.07, 6.45) is 6.87. The van der Waals surface area contributed by atoms with Crippen molar-refractivity contribution in [3.05, 3.63) is 82.5 Å². The van der Waals surface area contributed by atoms with E-state index in [1.807, 2.05) is 28.9 Å². The summed E-state index contributed by atoms with van der Waals surface area (Å²) in [4.78, 5) is 25.0. The molecule has 1 atom stereocenters. The number of methoxy groups -OCH3 is 1. The topological polar surface area (TPSA) is 117 Å². The highest BCUT2D eigenvalue weighted by molar-refractivity contribution is 6.36. The van der Waals surface area contributed by atoms with Crippen molar-refractivity contribution in [2.45, 2.75) is 64.0 Å². The van der Waals surface area contributed by atoms with E-state index in [-0.39, 0.29) is 23.9 Å². The summed E-state index contributed by atoms with van der Waals surface area (Å²) in [5.74, 6) is -0.702. The lowest BCUT2D eigenvalue weighted by atomic mass is 9.86. The van der Waals surface area contributed by atoms with Crippen molar-refractivity contribution in [2.24, 2.45) is 5.92 Å². The lowest BCUT2D eigenvalue weighted by molar-refractivity contribution is -0.142. The number of hydrogen-bond acceptors (Lipinski definition) is 5. The summed E-state index contributed by atoms with van der Waals surface area (Å²) in [6, 6.07) is 19.1. The number of nitrogens with one attached hydrogen (secondary N) is 1. The lowest BCUT2D eigenvalue weighted by Crippen LogP contribution is -2.39. The Bertz CT molecular complexity index is 1670. The lowest BCUT2D eigenvalue weighted by Gasteiger charge is -2.27. The van der Waals surface area contributed by atoms with Crippen molar-refractivity contribution < 1.29 is 19.4 Å². The molecule has 1 amide bonds. The molecule has 1 aliphatic carbocycles. The Labute approximate surface area is 256 Å². The molecular weight excluding hydrogens is 564 g/mol. The quantitative estimate of drug-likeness (QED) is 0.196. The molecule has 1 fully saturated rings. The average Bonchev–Trinajstić information content (AvgIpc) is 3.47. The zero-order valence-corrected chi connectivity index (χ0v) is 25.1. The number of nitrogens with zero attached hydrogens (tertiary/aromatic N) is 3. The number of aliphatic carboxylic acids is 1. The number of rotatable bonds is 10. The third-order valence-corrected chi connectivity index (χ3v) is 8.72. The second-order valence-corrected chi connectivity index (χ2v) is 11.6. The normalized spacial score (nSPS) is 17.3. The first-order valence-corrected chi connectivity index (χ1v) is 15.1. The summed E-state index contributed by atoms with van der Waals surface area (Å²) in [5.41, 5.74) is 4.60. The van der Waals surface area contributed by atoms with Crippen LogP contribution in [0.4, 0.5) is 0 Å². The fourth-order valence-electron chi connectivity index (χ4n) is 5.97. The molecule has 4 aromatic rings. The van der Waals surface area contributed by atoms with Crippen LogP contribution in [-0.4, -0.2) is 39.9 Å². The van der Waals surface area contributed by atoms with Crippen LogP contribution in [0.2, 0.25) is 5.02 Å². The van der Waals surface area contributed by atoms with Crippen LogP contribution in [0.15, 0.2) is 60.8 Å². The molecule has 3 aromatic carbocycles. The molecule has 1 heterocycles. The maximum Gasteiger partial charge on any atom is 0.306 e. The zero-order chi connectivity index (χ0) is 30.5. The van der Waals surface area contributed by atoms with E-state index in [4.69, 9.17) is 21.4 Å². The number of benzene rings is 3. The van der Waals surface area contributed by atoms with Crippen molar-refractivity contribution in [2.75, 3.05) is 7.11 Å². The molecule has 1 saturated carbocycles. The van der Waals surface area contributed by atoms with E-state index in [2.05, 4.69) is 30.4 Å². The molecule has 222 valence electrons. The van der Waals surface area contributed by atoms with Crippen molar-refractivity contribution in [3.8, 4) is 22.9 Å². The van der Waals surface area contributed by atoms with E-state index in [1.54, 1.807) is 31.5 Å². The fraction of sp³-hybridized carbons (Fsp3) is 0.353. The van der Waals surface area contributed by atoms with Gasteiger partial charge in [0.2, 0.25) is 0 Å². The molecule has 5 rings (SSSR count). The van der Waals surface area contributed by atoms with E-state index in [9.17, 15) is 20.0 Å². The molecule has 0 bridgehead atoms. The molecular formula is C34H35ClN4O4. The Morgan fingerprint density at radius 3 is 2.51 bits per heavy atom. The smallest absolute Gasteiger partial charge is 0.306 e. The molecule has 1 aliphatic rings. The van der Waals surface area contributed by atoms with Gasteiger partial charge in [0.25, 0.3) is 5.91 Å². The van der Waals surface area contributed by atoms with E-state index in [0.29, 0.717) is 58.5 Å². The van der Waals surface area contributed by atoms with Gasteiger partial charge in [-0.1, -0.05) is 55.6 Å². The second-order valence-electron chi connectivity index (χ2n) is 11.1. The fourth-order valence-corrected chi connectivity index (χ4v) is 6.17. The van der Waals surface area contributed by atoms with Crippen LogP contribution in [0.1, 0.15) is 79.4 Å². The molecule has 0 saturated heterocycles. The van der Waals surface area contributed by atoms with Gasteiger partial charge in [0.15, 0.2) is 0 Å². The Morgan fingerprint density at radius 2 is 1.86 bits per heavy atom.